The summed E-state index contributed by atoms with van der Waals surface area (Å²) in [5.41, 5.74) is 3.88. The van der Waals surface area contributed by atoms with E-state index < -0.39 is 11.1 Å². The van der Waals surface area contributed by atoms with Gasteiger partial charge < -0.3 is 9.87 Å². The highest BCUT2D eigenvalue weighted by Crippen LogP contribution is 2.36. The van der Waals surface area contributed by atoms with E-state index in [9.17, 15) is 13.8 Å². The molecule has 4 N–H and O–H groups in total. The summed E-state index contributed by atoms with van der Waals surface area (Å²) in [6.45, 7) is 0.365. The topological polar surface area (TPSA) is 133 Å². The van der Waals surface area contributed by atoms with Gasteiger partial charge in [0.05, 0.1) is 11.8 Å². The number of anilines is 1. The van der Waals surface area contributed by atoms with Gasteiger partial charge in [-0.05, 0) is 46.4 Å². The van der Waals surface area contributed by atoms with Crippen LogP contribution in [0.2, 0.25) is 0 Å². The van der Waals surface area contributed by atoms with Crippen LogP contribution in [0.3, 0.4) is 0 Å². The molecule has 9 nitrogen and oxygen atoms in total. The molecular weight excluding hydrogens is 353 g/mol. The Hall–Kier alpha value is -2.37. The minimum absolute atomic E-state index is 0.0365. The number of aliphatic imine (C=N–C) groups is 1. The number of hydrogen-bond donors (Lipinski definition) is 4. The predicted molar refractivity (Wildman–Crippen MR) is 87.3 cm³/mol. The second-order valence-corrected chi connectivity index (χ2v) is 6.47. The zero-order chi connectivity index (χ0) is 17.8. The quantitative estimate of drug-likeness (QED) is 0.188. The average Bonchev–Trinajstić information content (AvgIpc) is 3.03. The van der Waals surface area contributed by atoms with Crippen LogP contribution in [-0.4, -0.2) is 42.4 Å². The third-order valence-electron chi connectivity index (χ3n) is 3.77. The van der Waals surface area contributed by atoms with E-state index in [2.05, 4.69) is 25.3 Å². The minimum atomic E-state index is -1.86. The number of halogens is 1. The Bertz CT molecular complexity index is 812. The summed E-state index contributed by atoms with van der Waals surface area (Å²) < 4.78 is 37.4. The van der Waals surface area contributed by atoms with Gasteiger partial charge in [0.25, 0.3) is 0 Å². The Balaban J connectivity index is 1.72. The van der Waals surface area contributed by atoms with Crippen molar-refractivity contribution in [2.45, 2.75) is 18.9 Å². The summed E-state index contributed by atoms with van der Waals surface area (Å²) in [5.74, 6) is 0.0538. The van der Waals surface area contributed by atoms with Gasteiger partial charge in [-0.15, -0.1) is 0 Å². The summed E-state index contributed by atoms with van der Waals surface area (Å²) in [6.07, 6.45) is 1.06. The molecule has 0 amide bonds. The Labute approximate surface area is 144 Å². The van der Waals surface area contributed by atoms with Crippen molar-refractivity contribution in [3.05, 3.63) is 40.8 Å². The molecule has 0 aliphatic heterocycles. The SMILES string of the molecule is O=S(O)CCCNc1nonc1C(=NC1Cc2ccc(F)cc21)NO. The standard InChI is InChI=1S/C14H16FN5O4S/c15-9-3-2-8-6-11(10(8)7-9)17-14(18-21)12-13(20-24-19-12)16-4-1-5-25(22)23/h2-3,7,11,21H,1,4-6H2,(H,16,20)(H,17,18)(H,22,23). The lowest BCUT2D eigenvalue weighted by Gasteiger charge is -2.27. The maximum absolute atomic E-state index is 13.3. The molecule has 1 aliphatic carbocycles. The van der Waals surface area contributed by atoms with Crippen molar-refractivity contribution in [1.29, 1.82) is 0 Å². The van der Waals surface area contributed by atoms with E-state index in [0.717, 1.165) is 11.1 Å². The first-order valence-electron chi connectivity index (χ1n) is 7.49. The lowest BCUT2D eigenvalue weighted by molar-refractivity contribution is 0.232. The van der Waals surface area contributed by atoms with E-state index in [1.807, 2.05) is 5.48 Å². The molecule has 2 unspecified atom stereocenters. The largest absolute Gasteiger partial charge is 0.365 e. The van der Waals surface area contributed by atoms with Gasteiger partial charge in [-0.25, -0.2) is 13.2 Å². The number of benzene rings is 1. The molecule has 3 rings (SSSR count). The van der Waals surface area contributed by atoms with Crippen LogP contribution in [0.15, 0.2) is 27.8 Å². The fraction of sp³-hybridized carbons (Fsp3) is 0.357. The van der Waals surface area contributed by atoms with Crippen LogP contribution in [-0.2, 0) is 17.5 Å². The molecule has 1 aromatic heterocycles. The number of nitrogens with zero attached hydrogens (tertiary/aromatic N) is 3. The number of aromatic nitrogens is 2. The zero-order valence-corrected chi connectivity index (χ0v) is 13.8. The van der Waals surface area contributed by atoms with Gasteiger partial charge in [0.15, 0.2) is 22.6 Å². The van der Waals surface area contributed by atoms with Crippen LogP contribution in [0.4, 0.5) is 10.2 Å². The molecule has 0 saturated heterocycles. The number of hydroxylamine groups is 1. The molecule has 11 heteroatoms. The van der Waals surface area contributed by atoms with Crippen molar-refractivity contribution in [2.75, 3.05) is 17.6 Å². The van der Waals surface area contributed by atoms with E-state index in [0.29, 0.717) is 19.4 Å². The number of hydrogen-bond acceptors (Lipinski definition) is 7. The average molecular weight is 369 g/mol. The molecule has 0 saturated carbocycles. The highest BCUT2D eigenvalue weighted by molar-refractivity contribution is 7.79. The van der Waals surface area contributed by atoms with Crippen LogP contribution >= 0.6 is 0 Å². The van der Waals surface area contributed by atoms with Crippen molar-refractivity contribution in [3.8, 4) is 0 Å². The van der Waals surface area contributed by atoms with Crippen LogP contribution in [0.1, 0.15) is 29.3 Å². The molecule has 2 aromatic rings. The molecule has 0 radical (unpaired) electrons. The molecule has 25 heavy (non-hydrogen) atoms. The predicted octanol–water partition coefficient (Wildman–Crippen LogP) is 1.26. The van der Waals surface area contributed by atoms with E-state index >= 15 is 0 Å². The van der Waals surface area contributed by atoms with Crippen molar-refractivity contribution in [1.82, 2.24) is 15.8 Å². The van der Waals surface area contributed by atoms with E-state index in [4.69, 9.17) is 4.55 Å². The third kappa shape index (κ3) is 4.00. The lowest BCUT2D eigenvalue weighted by atomic mass is 9.83. The maximum atomic E-state index is 13.3. The molecule has 0 fully saturated rings. The third-order valence-corrected chi connectivity index (χ3v) is 4.41. The van der Waals surface area contributed by atoms with Gasteiger partial charge in [-0.1, -0.05) is 6.07 Å². The van der Waals surface area contributed by atoms with Crippen LogP contribution < -0.4 is 10.8 Å². The van der Waals surface area contributed by atoms with Gasteiger partial charge in [0, 0.05) is 6.54 Å². The molecule has 134 valence electrons. The Morgan fingerprint density at radius 2 is 2.32 bits per heavy atom. The van der Waals surface area contributed by atoms with Gasteiger partial charge in [0.2, 0.25) is 5.82 Å². The first kappa shape index (κ1) is 17.5. The first-order valence-corrected chi connectivity index (χ1v) is 8.76. The smallest absolute Gasteiger partial charge is 0.202 e. The van der Waals surface area contributed by atoms with Crippen molar-refractivity contribution < 1.29 is 23.0 Å². The molecule has 1 aromatic carbocycles. The summed E-state index contributed by atoms with van der Waals surface area (Å²) in [4.78, 5) is 4.34. The molecule has 1 heterocycles. The molecule has 0 bridgehead atoms. The summed E-state index contributed by atoms with van der Waals surface area (Å²) in [5, 5.41) is 19.7. The van der Waals surface area contributed by atoms with Crippen LogP contribution in [0, 0.1) is 5.82 Å². The lowest BCUT2D eigenvalue weighted by Crippen LogP contribution is -2.26. The van der Waals surface area contributed by atoms with Crippen molar-refractivity contribution in [2.24, 2.45) is 4.99 Å². The number of fused-ring (bicyclic) bond motifs is 1. The molecule has 0 spiro atoms. The maximum Gasteiger partial charge on any atom is 0.202 e. The normalized spacial score (nSPS) is 17.6. The second-order valence-electron chi connectivity index (χ2n) is 5.42. The summed E-state index contributed by atoms with van der Waals surface area (Å²) in [6, 6.07) is 4.21. The monoisotopic (exact) mass is 369 g/mol. The fourth-order valence-corrected chi connectivity index (χ4v) is 2.92. The minimum Gasteiger partial charge on any atom is -0.365 e. The van der Waals surface area contributed by atoms with Gasteiger partial charge >= 0.3 is 0 Å². The molecule has 1 aliphatic rings. The van der Waals surface area contributed by atoms with Gasteiger partial charge in [0.1, 0.15) is 5.82 Å². The van der Waals surface area contributed by atoms with Gasteiger partial charge in [-0.2, -0.15) is 0 Å². The Morgan fingerprint density at radius 3 is 3.08 bits per heavy atom. The van der Waals surface area contributed by atoms with Gasteiger partial charge in [-0.3, -0.25) is 15.7 Å². The molecular formula is C14H16FN5O4S. The first-order chi connectivity index (χ1) is 12.1. The number of rotatable bonds is 7. The van der Waals surface area contributed by atoms with E-state index in [-0.39, 0.29) is 35.0 Å². The number of amidine groups is 1. The summed E-state index contributed by atoms with van der Waals surface area (Å²) in [7, 11) is 0. The van der Waals surface area contributed by atoms with Crippen LogP contribution in [0.5, 0.6) is 0 Å². The second kappa shape index (κ2) is 7.68. The Morgan fingerprint density at radius 1 is 1.48 bits per heavy atom. The number of nitrogens with one attached hydrogen (secondary N) is 2. The highest BCUT2D eigenvalue weighted by Gasteiger charge is 2.28. The fourth-order valence-electron chi connectivity index (χ4n) is 2.53. The van der Waals surface area contributed by atoms with E-state index in [1.54, 1.807) is 6.07 Å². The van der Waals surface area contributed by atoms with Crippen molar-refractivity contribution >= 4 is 22.7 Å². The van der Waals surface area contributed by atoms with Crippen LogP contribution in [0.25, 0.3) is 0 Å². The van der Waals surface area contributed by atoms with Crippen molar-refractivity contribution in [3.63, 3.8) is 0 Å². The van der Waals surface area contributed by atoms with E-state index in [1.165, 1.54) is 12.1 Å². The Kier molecular flexibility index (Phi) is 5.36. The highest BCUT2D eigenvalue weighted by atomic mass is 32.2. The zero-order valence-electron chi connectivity index (χ0n) is 13.0. The molecule has 2 atom stereocenters. The summed E-state index contributed by atoms with van der Waals surface area (Å²) >= 11 is -1.86.